The molecule has 0 aromatic heterocycles. The highest BCUT2D eigenvalue weighted by Gasteiger charge is 2.09. The van der Waals surface area contributed by atoms with E-state index in [1.807, 2.05) is 31.2 Å². The zero-order valence-electron chi connectivity index (χ0n) is 9.44. The van der Waals surface area contributed by atoms with Crippen molar-refractivity contribution in [3.63, 3.8) is 0 Å². The molecule has 0 spiro atoms. The summed E-state index contributed by atoms with van der Waals surface area (Å²) in [5.74, 6) is -0.142. The van der Waals surface area contributed by atoms with Gasteiger partial charge in [-0.05, 0) is 17.5 Å². The molecule has 0 saturated carbocycles. The van der Waals surface area contributed by atoms with Gasteiger partial charge in [0.2, 0.25) is 5.91 Å². The maximum atomic E-state index is 11.4. The van der Waals surface area contributed by atoms with E-state index in [2.05, 4.69) is 5.32 Å². The van der Waals surface area contributed by atoms with Gasteiger partial charge in [0, 0.05) is 6.54 Å². The van der Waals surface area contributed by atoms with Crippen LogP contribution in [0.25, 0.3) is 0 Å². The minimum atomic E-state index is -0.443. The Hall–Kier alpha value is -1.39. The van der Waals surface area contributed by atoms with E-state index in [1.54, 1.807) is 0 Å². The number of aliphatic hydroxyl groups excluding tert-OH is 1. The number of hydrogen-bond donors (Lipinski definition) is 3. The van der Waals surface area contributed by atoms with Gasteiger partial charge in [0.15, 0.2) is 0 Å². The van der Waals surface area contributed by atoms with Gasteiger partial charge in [0.1, 0.15) is 0 Å². The molecule has 0 bridgehead atoms. The van der Waals surface area contributed by atoms with Crippen LogP contribution in [0.2, 0.25) is 0 Å². The molecule has 0 saturated heterocycles. The maximum absolute atomic E-state index is 11.4. The fourth-order valence-electron chi connectivity index (χ4n) is 1.34. The summed E-state index contributed by atoms with van der Waals surface area (Å²) in [6.45, 7) is 2.33. The maximum Gasteiger partial charge on any atom is 0.237 e. The first-order valence-electron chi connectivity index (χ1n) is 5.39. The Morgan fingerprint density at radius 2 is 2.19 bits per heavy atom. The van der Waals surface area contributed by atoms with Gasteiger partial charge >= 0.3 is 0 Å². The molecule has 0 heterocycles. The Bertz CT molecular complexity index is 353. The lowest BCUT2D eigenvalue weighted by molar-refractivity contribution is -0.122. The average molecular weight is 222 g/mol. The molecular formula is C12H18N2O2. The number of hydrogen-bond acceptors (Lipinski definition) is 3. The third-order valence-electron chi connectivity index (χ3n) is 2.42. The standard InChI is InChI=1S/C12H18N2O2/c1-2-11(13)12(16)14-7-9-4-3-5-10(6-9)8-15/h3-6,11,15H,2,7-8,13H2,1H3,(H,14,16)/t11-/m0/s1. The molecule has 88 valence electrons. The van der Waals surface area contributed by atoms with Gasteiger partial charge in [0.05, 0.1) is 12.6 Å². The van der Waals surface area contributed by atoms with Crippen LogP contribution in [0.15, 0.2) is 24.3 Å². The van der Waals surface area contributed by atoms with E-state index >= 15 is 0 Å². The van der Waals surface area contributed by atoms with Crippen molar-refractivity contribution >= 4 is 5.91 Å². The number of carbonyl (C=O) groups is 1. The monoisotopic (exact) mass is 222 g/mol. The van der Waals surface area contributed by atoms with E-state index in [-0.39, 0.29) is 12.5 Å². The molecule has 0 aliphatic heterocycles. The van der Waals surface area contributed by atoms with E-state index in [1.165, 1.54) is 0 Å². The zero-order valence-corrected chi connectivity index (χ0v) is 9.44. The van der Waals surface area contributed by atoms with Crippen LogP contribution in [-0.4, -0.2) is 17.1 Å². The van der Waals surface area contributed by atoms with Crippen molar-refractivity contribution in [2.24, 2.45) is 5.73 Å². The lowest BCUT2D eigenvalue weighted by atomic mass is 10.1. The fraction of sp³-hybridized carbons (Fsp3) is 0.417. The van der Waals surface area contributed by atoms with E-state index < -0.39 is 6.04 Å². The second-order valence-electron chi connectivity index (χ2n) is 3.71. The topological polar surface area (TPSA) is 75.4 Å². The predicted octanol–water partition coefficient (Wildman–Crippen LogP) is 0.532. The van der Waals surface area contributed by atoms with Crippen molar-refractivity contribution in [2.75, 3.05) is 0 Å². The summed E-state index contributed by atoms with van der Waals surface area (Å²) >= 11 is 0. The first kappa shape index (κ1) is 12.7. The molecule has 0 unspecified atom stereocenters. The van der Waals surface area contributed by atoms with Crippen LogP contribution in [0.4, 0.5) is 0 Å². The Morgan fingerprint density at radius 1 is 1.50 bits per heavy atom. The van der Waals surface area contributed by atoms with Crippen LogP contribution in [0, 0.1) is 0 Å². The third-order valence-corrected chi connectivity index (χ3v) is 2.42. The summed E-state index contributed by atoms with van der Waals surface area (Å²) in [5.41, 5.74) is 7.39. The zero-order chi connectivity index (χ0) is 12.0. The first-order valence-corrected chi connectivity index (χ1v) is 5.39. The second kappa shape index (κ2) is 6.25. The summed E-state index contributed by atoms with van der Waals surface area (Å²) in [6.07, 6.45) is 0.627. The Labute approximate surface area is 95.5 Å². The van der Waals surface area contributed by atoms with Crippen molar-refractivity contribution in [2.45, 2.75) is 32.5 Å². The SMILES string of the molecule is CC[C@H](N)C(=O)NCc1cccc(CO)c1. The van der Waals surface area contributed by atoms with Gasteiger partial charge < -0.3 is 16.2 Å². The highest BCUT2D eigenvalue weighted by atomic mass is 16.3. The molecule has 1 aromatic carbocycles. The van der Waals surface area contributed by atoms with Gasteiger partial charge in [-0.2, -0.15) is 0 Å². The number of carbonyl (C=O) groups excluding carboxylic acids is 1. The van der Waals surface area contributed by atoms with Crippen molar-refractivity contribution in [1.29, 1.82) is 0 Å². The molecule has 1 rings (SSSR count). The van der Waals surface area contributed by atoms with Crippen LogP contribution < -0.4 is 11.1 Å². The number of benzene rings is 1. The molecule has 1 amide bonds. The highest BCUT2D eigenvalue weighted by molar-refractivity contribution is 5.81. The predicted molar refractivity (Wildman–Crippen MR) is 62.5 cm³/mol. The van der Waals surface area contributed by atoms with Gasteiger partial charge in [-0.15, -0.1) is 0 Å². The Morgan fingerprint density at radius 3 is 2.81 bits per heavy atom. The highest BCUT2D eigenvalue weighted by Crippen LogP contribution is 2.04. The van der Waals surface area contributed by atoms with Crippen molar-refractivity contribution in [1.82, 2.24) is 5.32 Å². The smallest absolute Gasteiger partial charge is 0.237 e. The molecule has 4 heteroatoms. The van der Waals surface area contributed by atoms with E-state index in [0.29, 0.717) is 13.0 Å². The number of rotatable bonds is 5. The van der Waals surface area contributed by atoms with Gasteiger partial charge in [-0.3, -0.25) is 4.79 Å². The minimum absolute atomic E-state index is 0.0102. The molecule has 4 nitrogen and oxygen atoms in total. The van der Waals surface area contributed by atoms with Crippen molar-refractivity contribution in [3.8, 4) is 0 Å². The lowest BCUT2D eigenvalue weighted by Gasteiger charge is -2.10. The second-order valence-corrected chi connectivity index (χ2v) is 3.71. The molecule has 0 aliphatic carbocycles. The largest absolute Gasteiger partial charge is 0.392 e. The van der Waals surface area contributed by atoms with Gasteiger partial charge in [-0.1, -0.05) is 31.2 Å². The molecule has 1 aromatic rings. The first-order chi connectivity index (χ1) is 7.67. The third kappa shape index (κ3) is 3.64. The summed E-state index contributed by atoms with van der Waals surface area (Å²) in [5, 5.41) is 11.7. The molecule has 1 atom stereocenters. The lowest BCUT2D eigenvalue weighted by Crippen LogP contribution is -2.39. The van der Waals surface area contributed by atoms with Crippen LogP contribution in [0.3, 0.4) is 0 Å². The average Bonchev–Trinajstić information content (AvgIpc) is 2.35. The molecule has 16 heavy (non-hydrogen) atoms. The fourth-order valence-corrected chi connectivity index (χ4v) is 1.34. The van der Waals surface area contributed by atoms with Crippen LogP contribution in [-0.2, 0) is 17.9 Å². The van der Waals surface area contributed by atoms with Crippen molar-refractivity contribution in [3.05, 3.63) is 35.4 Å². The Balaban J connectivity index is 2.51. The van der Waals surface area contributed by atoms with E-state index in [0.717, 1.165) is 11.1 Å². The molecule has 0 fully saturated rings. The van der Waals surface area contributed by atoms with Gasteiger partial charge in [0.25, 0.3) is 0 Å². The van der Waals surface area contributed by atoms with Crippen molar-refractivity contribution < 1.29 is 9.90 Å². The Kier molecular flexibility index (Phi) is 4.95. The summed E-state index contributed by atoms with van der Waals surface area (Å²) in [7, 11) is 0. The van der Waals surface area contributed by atoms with Crippen LogP contribution in [0.1, 0.15) is 24.5 Å². The van der Waals surface area contributed by atoms with E-state index in [4.69, 9.17) is 10.8 Å². The minimum Gasteiger partial charge on any atom is -0.392 e. The molecule has 0 aliphatic rings. The van der Waals surface area contributed by atoms with Crippen LogP contribution >= 0.6 is 0 Å². The quantitative estimate of drug-likeness (QED) is 0.680. The number of aliphatic hydroxyl groups is 1. The van der Waals surface area contributed by atoms with Crippen LogP contribution in [0.5, 0.6) is 0 Å². The number of amides is 1. The van der Waals surface area contributed by atoms with E-state index in [9.17, 15) is 4.79 Å². The summed E-state index contributed by atoms with van der Waals surface area (Å²) in [6, 6.07) is 7.01. The summed E-state index contributed by atoms with van der Waals surface area (Å²) in [4.78, 5) is 11.4. The molecule has 4 N–H and O–H groups in total. The molecule has 0 radical (unpaired) electrons. The van der Waals surface area contributed by atoms with Gasteiger partial charge in [-0.25, -0.2) is 0 Å². The summed E-state index contributed by atoms with van der Waals surface area (Å²) < 4.78 is 0. The number of nitrogens with two attached hydrogens (primary N) is 1. The normalized spacial score (nSPS) is 12.2. The molecular weight excluding hydrogens is 204 g/mol. The number of nitrogens with one attached hydrogen (secondary N) is 1.